The lowest BCUT2D eigenvalue weighted by atomic mass is 10.1. The molecule has 0 radical (unpaired) electrons. The minimum Gasteiger partial charge on any atom is -0.465 e. The first kappa shape index (κ1) is 25.3. The average Bonchev–Trinajstić information content (AvgIpc) is 2.77. The molecule has 1 heterocycles. The topological polar surface area (TPSA) is 117 Å². The van der Waals surface area contributed by atoms with Gasteiger partial charge in [0.15, 0.2) is 0 Å². The summed E-state index contributed by atoms with van der Waals surface area (Å²) in [5.74, 6) is -1.10. The van der Waals surface area contributed by atoms with Crippen molar-refractivity contribution in [1.82, 2.24) is 15.1 Å². The van der Waals surface area contributed by atoms with Gasteiger partial charge in [-0.15, -0.1) is 0 Å². The maximum absolute atomic E-state index is 12.5. The molecule has 2 N–H and O–H groups in total. The first-order chi connectivity index (χ1) is 15.2. The molecule has 2 amide bonds. The lowest BCUT2D eigenvalue weighted by molar-refractivity contribution is -0.123. The van der Waals surface area contributed by atoms with E-state index >= 15 is 0 Å². The molecule has 10 heteroatoms. The van der Waals surface area contributed by atoms with Gasteiger partial charge in [0.1, 0.15) is 0 Å². The van der Waals surface area contributed by atoms with Crippen molar-refractivity contribution in [3.8, 4) is 0 Å². The SMILES string of the molecule is COC(=O)c1cc(NC(=O)CN2CCN(CC(=O)NCC(C)C)CC2)cc(C(=O)OC)c1. The van der Waals surface area contributed by atoms with Crippen molar-refractivity contribution in [1.29, 1.82) is 0 Å². The third-order valence-corrected chi connectivity index (χ3v) is 4.97. The molecule has 0 bridgehead atoms. The van der Waals surface area contributed by atoms with Gasteiger partial charge in [-0.05, 0) is 24.1 Å². The smallest absolute Gasteiger partial charge is 0.337 e. The number of carbonyl (C=O) groups is 4. The van der Waals surface area contributed by atoms with E-state index in [2.05, 4.69) is 15.5 Å². The molecule has 0 unspecified atom stereocenters. The first-order valence-electron chi connectivity index (χ1n) is 10.5. The molecule has 0 aromatic heterocycles. The maximum atomic E-state index is 12.5. The summed E-state index contributed by atoms with van der Waals surface area (Å²) < 4.78 is 9.41. The predicted molar refractivity (Wildman–Crippen MR) is 118 cm³/mol. The molecular weight excluding hydrogens is 416 g/mol. The Labute approximate surface area is 188 Å². The number of hydrogen-bond donors (Lipinski definition) is 2. The van der Waals surface area contributed by atoms with Crippen LogP contribution in [0.15, 0.2) is 18.2 Å². The minimum absolute atomic E-state index is 0.0109. The number of esters is 2. The van der Waals surface area contributed by atoms with Crippen molar-refractivity contribution in [3.63, 3.8) is 0 Å². The van der Waals surface area contributed by atoms with Gasteiger partial charge in [0, 0.05) is 38.4 Å². The van der Waals surface area contributed by atoms with E-state index in [1.807, 2.05) is 18.7 Å². The number of piperazine rings is 1. The van der Waals surface area contributed by atoms with E-state index in [1.165, 1.54) is 32.4 Å². The van der Waals surface area contributed by atoms with E-state index in [0.717, 1.165) is 0 Å². The molecule has 1 aromatic carbocycles. The Balaban J connectivity index is 1.88. The van der Waals surface area contributed by atoms with Crippen molar-refractivity contribution in [3.05, 3.63) is 29.3 Å². The summed E-state index contributed by atoms with van der Waals surface area (Å²) in [6.45, 7) is 7.94. The van der Waals surface area contributed by atoms with Gasteiger partial charge in [-0.2, -0.15) is 0 Å². The van der Waals surface area contributed by atoms with Crippen LogP contribution in [0.2, 0.25) is 0 Å². The maximum Gasteiger partial charge on any atom is 0.337 e. The lowest BCUT2D eigenvalue weighted by Crippen LogP contribution is -2.51. The quantitative estimate of drug-likeness (QED) is 0.527. The molecule has 0 atom stereocenters. The van der Waals surface area contributed by atoms with Gasteiger partial charge in [0.2, 0.25) is 11.8 Å². The standard InChI is InChI=1S/C22H32N4O6/c1-15(2)12-23-19(27)13-25-5-7-26(8-6-25)14-20(28)24-18-10-16(21(29)31-3)9-17(11-18)22(30)32-4/h9-11,15H,5-8,12-14H2,1-4H3,(H,23,27)(H,24,28). The molecule has 32 heavy (non-hydrogen) atoms. The summed E-state index contributed by atoms with van der Waals surface area (Å²) in [6, 6.07) is 4.25. The summed E-state index contributed by atoms with van der Waals surface area (Å²) in [4.78, 5) is 52.3. The van der Waals surface area contributed by atoms with Crippen LogP contribution in [0.3, 0.4) is 0 Å². The number of carbonyl (C=O) groups excluding carboxylic acids is 4. The highest BCUT2D eigenvalue weighted by Crippen LogP contribution is 2.17. The number of anilines is 1. The number of rotatable bonds is 9. The van der Waals surface area contributed by atoms with Gasteiger partial charge < -0.3 is 20.1 Å². The zero-order chi connectivity index (χ0) is 23.7. The molecule has 1 aromatic rings. The molecular formula is C22H32N4O6. The molecule has 10 nitrogen and oxygen atoms in total. The van der Waals surface area contributed by atoms with E-state index in [-0.39, 0.29) is 29.5 Å². The number of benzene rings is 1. The van der Waals surface area contributed by atoms with Crippen molar-refractivity contribution >= 4 is 29.4 Å². The second-order valence-corrected chi connectivity index (χ2v) is 8.08. The number of nitrogens with one attached hydrogen (secondary N) is 2. The van der Waals surface area contributed by atoms with Crippen LogP contribution in [0.5, 0.6) is 0 Å². The van der Waals surface area contributed by atoms with E-state index in [4.69, 9.17) is 9.47 Å². The Bertz CT molecular complexity index is 799. The molecule has 1 saturated heterocycles. The van der Waals surface area contributed by atoms with Crippen LogP contribution in [0.25, 0.3) is 0 Å². The summed E-state index contributed by atoms with van der Waals surface area (Å²) in [5, 5.41) is 5.63. The summed E-state index contributed by atoms with van der Waals surface area (Å²) in [7, 11) is 2.47. The zero-order valence-corrected chi connectivity index (χ0v) is 19.1. The fourth-order valence-electron chi connectivity index (χ4n) is 3.26. The third kappa shape index (κ3) is 7.93. The van der Waals surface area contributed by atoms with Crippen LogP contribution in [-0.2, 0) is 19.1 Å². The van der Waals surface area contributed by atoms with Crippen molar-refractivity contribution in [2.75, 3.05) is 65.3 Å². The number of hydrogen-bond acceptors (Lipinski definition) is 8. The molecule has 1 aliphatic rings. The fraction of sp³-hybridized carbons (Fsp3) is 0.545. The van der Waals surface area contributed by atoms with Gasteiger partial charge in [-0.25, -0.2) is 9.59 Å². The number of amides is 2. The number of ether oxygens (including phenoxy) is 2. The van der Waals surface area contributed by atoms with Crippen LogP contribution >= 0.6 is 0 Å². The summed E-state index contributed by atoms with van der Waals surface area (Å²) in [5.41, 5.74) is 0.573. The van der Waals surface area contributed by atoms with Gasteiger partial charge in [0.05, 0.1) is 38.4 Å². The normalized spacial score (nSPS) is 14.7. The second kappa shape index (κ2) is 12.2. The Hall–Kier alpha value is -2.98. The Morgan fingerprint density at radius 2 is 1.31 bits per heavy atom. The Kier molecular flexibility index (Phi) is 9.61. The second-order valence-electron chi connectivity index (χ2n) is 8.08. The van der Waals surface area contributed by atoms with Crippen LogP contribution in [0.4, 0.5) is 5.69 Å². The number of methoxy groups -OCH3 is 2. The highest BCUT2D eigenvalue weighted by atomic mass is 16.5. The van der Waals surface area contributed by atoms with Gasteiger partial charge >= 0.3 is 11.9 Å². The van der Waals surface area contributed by atoms with Crippen LogP contribution in [0.1, 0.15) is 34.6 Å². The molecule has 0 aliphatic carbocycles. The van der Waals surface area contributed by atoms with E-state index < -0.39 is 11.9 Å². The molecule has 176 valence electrons. The zero-order valence-electron chi connectivity index (χ0n) is 19.1. The van der Waals surface area contributed by atoms with Crippen LogP contribution in [0, 0.1) is 5.92 Å². The van der Waals surface area contributed by atoms with Crippen LogP contribution < -0.4 is 10.6 Å². The number of nitrogens with zero attached hydrogens (tertiary/aromatic N) is 2. The first-order valence-corrected chi connectivity index (χ1v) is 10.5. The van der Waals surface area contributed by atoms with Crippen LogP contribution in [-0.4, -0.2) is 93.6 Å². The largest absolute Gasteiger partial charge is 0.465 e. The molecule has 1 fully saturated rings. The van der Waals surface area contributed by atoms with Crippen molar-refractivity contribution < 1.29 is 28.7 Å². The van der Waals surface area contributed by atoms with Gasteiger partial charge in [-0.3, -0.25) is 19.4 Å². The predicted octanol–water partition coefficient (Wildman–Crippen LogP) is 0.588. The molecule has 0 spiro atoms. The van der Waals surface area contributed by atoms with E-state index in [1.54, 1.807) is 0 Å². The highest BCUT2D eigenvalue weighted by molar-refractivity contribution is 5.99. The van der Waals surface area contributed by atoms with E-state index in [9.17, 15) is 19.2 Å². The average molecular weight is 449 g/mol. The summed E-state index contributed by atoms with van der Waals surface area (Å²) in [6.07, 6.45) is 0. The minimum atomic E-state index is -0.625. The lowest BCUT2D eigenvalue weighted by Gasteiger charge is -2.33. The molecule has 1 aliphatic heterocycles. The highest BCUT2D eigenvalue weighted by Gasteiger charge is 2.21. The monoisotopic (exact) mass is 448 g/mol. The van der Waals surface area contributed by atoms with Crippen molar-refractivity contribution in [2.24, 2.45) is 5.92 Å². The fourth-order valence-corrected chi connectivity index (χ4v) is 3.26. The Morgan fingerprint density at radius 3 is 1.75 bits per heavy atom. The molecule has 2 rings (SSSR count). The van der Waals surface area contributed by atoms with Gasteiger partial charge in [-0.1, -0.05) is 13.8 Å². The Morgan fingerprint density at radius 1 is 0.844 bits per heavy atom. The van der Waals surface area contributed by atoms with Crippen molar-refractivity contribution in [2.45, 2.75) is 13.8 Å². The molecule has 0 saturated carbocycles. The summed E-state index contributed by atoms with van der Waals surface area (Å²) >= 11 is 0. The third-order valence-electron chi connectivity index (χ3n) is 4.97. The van der Waals surface area contributed by atoms with Gasteiger partial charge in [0.25, 0.3) is 0 Å². The van der Waals surface area contributed by atoms with E-state index in [0.29, 0.717) is 50.9 Å².